The number of hydrogen-bond donors (Lipinski definition) is 3. The molecular weight excluding hydrogens is 385 g/mol. The Balaban J connectivity index is 1.42. The summed E-state index contributed by atoms with van der Waals surface area (Å²) in [5.74, 6) is 0.287. The van der Waals surface area contributed by atoms with Crippen molar-refractivity contribution >= 4 is 27.7 Å². The first-order valence-corrected chi connectivity index (χ1v) is 9.33. The first-order chi connectivity index (χ1) is 14.7. The van der Waals surface area contributed by atoms with E-state index in [1.54, 1.807) is 12.1 Å². The topological polar surface area (TPSA) is 112 Å². The molecule has 8 nitrogen and oxygen atoms in total. The third-order valence-electron chi connectivity index (χ3n) is 4.88. The minimum absolute atomic E-state index is 0.266. The zero-order valence-electron chi connectivity index (χ0n) is 15.6. The van der Waals surface area contributed by atoms with Crippen LogP contribution in [0.2, 0.25) is 0 Å². The molecule has 148 valence electrons. The molecular formula is C21H16FN7O. The Morgan fingerprint density at radius 2 is 1.93 bits per heavy atom. The minimum atomic E-state index is -0.576. The van der Waals surface area contributed by atoms with E-state index in [4.69, 9.17) is 0 Å². The molecule has 2 heterocycles. The maximum absolute atomic E-state index is 13.5. The average Bonchev–Trinajstić information content (AvgIpc) is 3.42. The van der Waals surface area contributed by atoms with Crippen molar-refractivity contribution in [2.75, 3.05) is 0 Å². The maximum atomic E-state index is 13.5. The van der Waals surface area contributed by atoms with E-state index in [2.05, 4.69) is 35.9 Å². The first kappa shape index (κ1) is 17.9. The molecule has 0 spiro atoms. The first-order valence-electron chi connectivity index (χ1n) is 9.33. The highest BCUT2D eigenvalue weighted by Gasteiger charge is 2.22. The number of amides is 1. The lowest BCUT2D eigenvalue weighted by Crippen LogP contribution is -2.31. The van der Waals surface area contributed by atoms with E-state index >= 15 is 0 Å². The summed E-state index contributed by atoms with van der Waals surface area (Å²) in [5, 5.41) is 19.0. The van der Waals surface area contributed by atoms with Gasteiger partial charge in [-0.3, -0.25) is 4.79 Å². The Labute approximate surface area is 169 Å². The number of aromatic nitrogens is 6. The Morgan fingerprint density at radius 1 is 1.07 bits per heavy atom. The highest BCUT2D eigenvalue weighted by atomic mass is 19.1. The van der Waals surface area contributed by atoms with Crippen LogP contribution >= 0.6 is 0 Å². The summed E-state index contributed by atoms with van der Waals surface area (Å²) >= 11 is 0. The van der Waals surface area contributed by atoms with Crippen molar-refractivity contribution < 1.29 is 9.18 Å². The molecule has 9 heteroatoms. The molecule has 0 saturated heterocycles. The fourth-order valence-electron chi connectivity index (χ4n) is 3.42. The molecule has 1 atom stereocenters. The van der Waals surface area contributed by atoms with Crippen LogP contribution in [-0.4, -0.2) is 36.5 Å². The molecule has 0 saturated carbocycles. The Kier molecular flexibility index (Phi) is 4.40. The zero-order chi connectivity index (χ0) is 20.5. The quantitative estimate of drug-likeness (QED) is 0.419. The van der Waals surface area contributed by atoms with Crippen molar-refractivity contribution in [1.82, 2.24) is 35.9 Å². The van der Waals surface area contributed by atoms with E-state index in [1.807, 2.05) is 36.4 Å². The van der Waals surface area contributed by atoms with E-state index in [0.29, 0.717) is 28.2 Å². The summed E-state index contributed by atoms with van der Waals surface area (Å²) in [6.07, 6.45) is 0.287. The van der Waals surface area contributed by atoms with Crippen molar-refractivity contribution in [2.24, 2.45) is 0 Å². The summed E-state index contributed by atoms with van der Waals surface area (Å²) in [4.78, 5) is 20.5. The molecule has 0 unspecified atom stereocenters. The molecule has 0 aliphatic carbocycles. The minimum Gasteiger partial charge on any atom is -0.342 e. The number of fused-ring (bicyclic) bond motifs is 2. The number of carbonyl (C=O) groups is 1. The standard InChI is InChI=1S/C21H16FN7O/c22-15-7-8-16-17(10-15)24-19(23-16)11-18(20-26-28-29-27-20)25-21(30)14-6-5-12-3-1-2-4-13(12)9-14/h1-10,18H,11H2,(H,23,24)(H,25,30)(H,26,27,28,29)/t18-/m1/s1. The van der Waals surface area contributed by atoms with Gasteiger partial charge in [0.2, 0.25) is 0 Å². The number of hydrogen-bond acceptors (Lipinski definition) is 5. The molecule has 30 heavy (non-hydrogen) atoms. The van der Waals surface area contributed by atoms with Crippen molar-refractivity contribution in [3.8, 4) is 0 Å². The lowest BCUT2D eigenvalue weighted by Gasteiger charge is -2.14. The van der Waals surface area contributed by atoms with Crippen molar-refractivity contribution in [3.63, 3.8) is 0 Å². The zero-order valence-corrected chi connectivity index (χ0v) is 15.6. The molecule has 5 rings (SSSR count). The fourth-order valence-corrected chi connectivity index (χ4v) is 3.42. The predicted octanol–water partition coefficient (Wildman–Crippen LogP) is 3.08. The number of nitrogens with one attached hydrogen (secondary N) is 3. The van der Waals surface area contributed by atoms with Crippen LogP contribution in [0, 0.1) is 5.82 Å². The summed E-state index contributed by atoms with van der Waals surface area (Å²) in [7, 11) is 0. The van der Waals surface area contributed by atoms with Gasteiger partial charge in [0.1, 0.15) is 17.7 Å². The van der Waals surface area contributed by atoms with Gasteiger partial charge in [0.05, 0.1) is 11.0 Å². The molecule has 0 radical (unpaired) electrons. The lowest BCUT2D eigenvalue weighted by molar-refractivity contribution is 0.0934. The molecule has 0 bridgehead atoms. The summed E-state index contributed by atoms with van der Waals surface area (Å²) in [6.45, 7) is 0. The molecule has 3 N–H and O–H groups in total. The smallest absolute Gasteiger partial charge is 0.251 e. The van der Waals surface area contributed by atoms with Gasteiger partial charge in [-0.25, -0.2) is 9.37 Å². The van der Waals surface area contributed by atoms with Crippen LogP contribution in [0.1, 0.15) is 28.0 Å². The Bertz CT molecular complexity index is 1350. The lowest BCUT2D eigenvalue weighted by atomic mass is 10.1. The van der Waals surface area contributed by atoms with Crippen molar-refractivity contribution in [1.29, 1.82) is 0 Å². The van der Waals surface area contributed by atoms with E-state index < -0.39 is 6.04 Å². The maximum Gasteiger partial charge on any atom is 0.251 e. The van der Waals surface area contributed by atoms with Gasteiger partial charge in [-0.05, 0) is 41.1 Å². The molecule has 5 aromatic rings. The van der Waals surface area contributed by atoms with Crippen LogP contribution in [0.25, 0.3) is 21.8 Å². The third-order valence-corrected chi connectivity index (χ3v) is 4.88. The summed E-state index contributed by atoms with van der Waals surface area (Å²) < 4.78 is 13.5. The third kappa shape index (κ3) is 3.48. The fraction of sp³-hybridized carbons (Fsp3) is 0.0952. The van der Waals surface area contributed by atoms with Gasteiger partial charge < -0.3 is 10.3 Å². The van der Waals surface area contributed by atoms with Gasteiger partial charge in [0.15, 0.2) is 5.82 Å². The van der Waals surface area contributed by atoms with Gasteiger partial charge in [0.25, 0.3) is 5.91 Å². The van der Waals surface area contributed by atoms with E-state index in [1.165, 1.54) is 12.1 Å². The van der Waals surface area contributed by atoms with Crippen LogP contribution in [0.4, 0.5) is 4.39 Å². The highest BCUT2D eigenvalue weighted by Crippen LogP contribution is 2.20. The monoisotopic (exact) mass is 401 g/mol. The van der Waals surface area contributed by atoms with Gasteiger partial charge in [0, 0.05) is 12.0 Å². The van der Waals surface area contributed by atoms with Crippen molar-refractivity contribution in [2.45, 2.75) is 12.5 Å². The van der Waals surface area contributed by atoms with E-state index in [9.17, 15) is 9.18 Å². The van der Waals surface area contributed by atoms with Crippen LogP contribution < -0.4 is 5.32 Å². The number of imidazole rings is 1. The van der Waals surface area contributed by atoms with E-state index in [-0.39, 0.29) is 18.1 Å². The van der Waals surface area contributed by atoms with Gasteiger partial charge in [-0.15, -0.1) is 10.2 Å². The normalized spacial score (nSPS) is 12.3. The SMILES string of the molecule is O=C(N[C@H](Cc1nc2ccc(F)cc2[nH]1)c1nn[nH]n1)c1ccc2ccccc2c1. The van der Waals surface area contributed by atoms with Crippen LogP contribution in [0.5, 0.6) is 0 Å². The highest BCUT2D eigenvalue weighted by molar-refractivity contribution is 5.98. The number of aromatic amines is 2. The van der Waals surface area contributed by atoms with Gasteiger partial charge >= 0.3 is 0 Å². The molecule has 2 aromatic heterocycles. The van der Waals surface area contributed by atoms with Crippen molar-refractivity contribution in [3.05, 3.63) is 83.7 Å². The summed E-state index contributed by atoms with van der Waals surface area (Å²) in [6, 6.07) is 17.1. The van der Waals surface area contributed by atoms with Crippen LogP contribution in [0.15, 0.2) is 60.7 Å². The number of benzene rings is 3. The molecule has 0 aliphatic heterocycles. The van der Waals surface area contributed by atoms with Gasteiger partial charge in [-0.1, -0.05) is 35.5 Å². The number of H-pyrrole nitrogens is 2. The second kappa shape index (κ2) is 7.36. The van der Waals surface area contributed by atoms with E-state index in [0.717, 1.165) is 10.8 Å². The second-order valence-electron chi connectivity index (χ2n) is 6.91. The Morgan fingerprint density at radius 3 is 2.77 bits per heavy atom. The number of halogens is 1. The number of nitrogens with zero attached hydrogens (tertiary/aromatic N) is 4. The average molecular weight is 401 g/mol. The molecule has 1 amide bonds. The number of carbonyl (C=O) groups excluding carboxylic acids is 1. The number of tetrazole rings is 1. The molecule has 0 fully saturated rings. The second-order valence-corrected chi connectivity index (χ2v) is 6.91. The van der Waals surface area contributed by atoms with Crippen LogP contribution in [-0.2, 0) is 6.42 Å². The predicted molar refractivity (Wildman–Crippen MR) is 108 cm³/mol. The molecule has 0 aliphatic rings. The summed E-state index contributed by atoms with van der Waals surface area (Å²) in [5.41, 5.74) is 1.74. The number of rotatable bonds is 5. The largest absolute Gasteiger partial charge is 0.342 e. The van der Waals surface area contributed by atoms with Gasteiger partial charge in [-0.2, -0.15) is 5.21 Å². The molecule has 3 aromatic carbocycles. The Hall–Kier alpha value is -4.14. The van der Waals surface area contributed by atoms with Crippen LogP contribution in [0.3, 0.4) is 0 Å².